The summed E-state index contributed by atoms with van der Waals surface area (Å²) >= 11 is 0. The summed E-state index contributed by atoms with van der Waals surface area (Å²) in [6, 6.07) is 0.299. The summed E-state index contributed by atoms with van der Waals surface area (Å²) in [6.45, 7) is 6.04. The number of hydrogen-bond donors (Lipinski definition) is 2. The van der Waals surface area contributed by atoms with Crippen LogP contribution in [0.25, 0.3) is 0 Å². The Morgan fingerprint density at radius 1 is 1.15 bits per heavy atom. The van der Waals surface area contributed by atoms with Crippen molar-refractivity contribution in [2.24, 2.45) is 0 Å². The lowest BCUT2D eigenvalue weighted by Gasteiger charge is -2.17. The van der Waals surface area contributed by atoms with Crippen LogP contribution in [0.15, 0.2) is 0 Å². The van der Waals surface area contributed by atoms with Crippen LogP contribution in [0.2, 0.25) is 0 Å². The standard InChI is InChI=1S/C17H33NO2/c1-4-7-8-9-10-11-13-20-15-17(19)14-18-16(6-3)12-5-2/h2,16-19H,4,6-15H2,1,3H3. The molecule has 0 radical (unpaired) electrons. The molecule has 2 atom stereocenters. The molecule has 0 bridgehead atoms. The largest absolute Gasteiger partial charge is 0.389 e. The fraction of sp³-hybridized carbons (Fsp3) is 0.882. The molecule has 0 amide bonds. The number of terminal acetylenes is 1. The maximum absolute atomic E-state index is 9.80. The van der Waals surface area contributed by atoms with E-state index in [-0.39, 0.29) is 0 Å². The highest BCUT2D eigenvalue weighted by Gasteiger charge is 2.08. The molecule has 3 nitrogen and oxygen atoms in total. The van der Waals surface area contributed by atoms with Gasteiger partial charge in [-0.2, -0.15) is 0 Å². The van der Waals surface area contributed by atoms with Crippen molar-refractivity contribution < 1.29 is 9.84 Å². The molecule has 0 aromatic carbocycles. The van der Waals surface area contributed by atoms with Gasteiger partial charge < -0.3 is 15.2 Å². The van der Waals surface area contributed by atoms with Crippen molar-refractivity contribution in [3.8, 4) is 12.3 Å². The molecule has 0 saturated carbocycles. The lowest BCUT2D eigenvalue weighted by Crippen LogP contribution is -2.37. The van der Waals surface area contributed by atoms with Gasteiger partial charge in [0, 0.05) is 25.6 Å². The molecule has 0 aliphatic rings. The molecule has 20 heavy (non-hydrogen) atoms. The van der Waals surface area contributed by atoms with Crippen LogP contribution in [0, 0.1) is 12.3 Å². The number of aliphatic hydroxyl groups is 1. The molecule has 3 heteroatoms. The van der Waals surface area contributed by atoms with Crippen LogP contribution in [-0.4, -0.2) is 37.0 Å². The molecule has 2 N–H and O–H groups in total. The van der Waals surface area contributed by atoms with Crippen molar-refractivity contribution in [2.75, 3.05) is 19.8 Å². The van der Waals surface area contributed by atoms with Gasteiger partial charge in [-0.25, -0.2) is 0 Å². The number of aliphatic hydroxyl groups excluding tert-OH is 1. The fourth-order valence-electron chi connectivity index (χ4n) is 2.07. The average molecular weight is 283 g/mol. The summed E-state index contributed by atoms with van der Waals surface area (Å²) in [4.78, 5) is 0. The van der Waals surface area contributed by atoms with Gasteiger partial charge in [-0.1, -0.05) is 46.0 Å². The summed E-state index contributed by atoms with van der Waals surface area (Å²) in [6.07, 6.45) is 14.1. The molecule has 0 aromatic heterocycles. The van der Waals surface area contributed by atoms with Crippen molar-refractivity contribution in [1.29, 1.82) is 0 Å². The van der Waals surface area contributed by atoms with E-state index >= 15 is 0 Å². The molecule has 2 unspecified atom stereocenters. The first kappa shape index (κ1) is 19.4. The topological polar surface area (TPSA) is 41.5 Å². The molecular weight excluding hydrogens is 250 g/mol. The van der Waals surface area contributed by atoms with Gasteiger partial charge >= 0.3 is 0 Å². The quantitative estimate of drug-likeness (QED) is 0.380. The van der Waals surface area contributed by atoms with Crippen LogP contribution in [0.1, 0.15) is 65.2 Å². The third kappa shape index (κ3) is 12.5. The van der Waals surface area contributed by atoms with E-state index in [0.717, 1.165) is 19.4 Å². The number of nitrogens with one attached hydrogen (secondary N) is 1. The highest BCUT2D eigenvalue weighted by molar-refractivity contribution is 4.89. The molecule has 0 aliphatic heterocycles. The Labute approximate surface area is 125 Å². The Morgan fingerprint density at radius 3 is 2.50 bits per heavy atom. The van der Waals surface area contributed by atoms with Crippen LogP contribution in [0.3, 0.4) is 0 Å². The number of rotatable bonds is 14. The van der Waals surface area contributed by atoms with Crippen molar-refractivity contribution in [3.05, 3.63) is 0 Å². The van der Waals surface area contributed by atoms with E-state index in [4.69, 9.17) is 11.2 Å². The zero-order valence-electron chi connectivity index (χ0n) is 13.4. The van der Waals surface area contributed by atoms with Gasteiger partial charge in [0.15, 0.2) is 0 Å². The van der Waals surface area contributed by atoms with Gasteiger partial charge in [-0.15, -0.1) is 12.3 Å². The first-order chi connectivity index (χ1) is 9.74. The van der Waals surface area contributed by atoms with Crippen LogP contribution < -0.4 is 5.32 Å². The maximum atomic E-state index is 9.80. The van der Waals surface area contributed by atoms with E-state index in [2.05, 4.69) is 25.1 Å². The van der Waals surface area contributed by atoms with E-state index in [1.165, 1.54) is 32.1 Å². The second-order valence-corrected chi connectivity index (χ2v) is 5.42. The van der Waals surface area contributed by atoms with Crippen molar-refractivity contribution in [2.45, 2.75) is 77.4 Å². The fourth-order valence-corrected chi connectivity index (χ4v) is 2.07. The van der Waals surface area contributed by atoms with Crippen LogP contribution in [0.5, 0.6) is 0 Å². The summed E-state index contributed by atoms with van der Waals surface area (Å²) in [5.41, 5.74) is 0. The van der Waals surface area contributed by atoms with Crippen molar-refractivity contribution in [1.82, 2.24) is 5.32 Å². The minimum Gasteiger partial charge on any atom is -0.389 e. The third-order valence-corrected chi connectivity index (χ3v) is 3.45. The summed E-state index contributed by atoms with van der Waals surface area (Å²) in [7, 11) is 0. The first-order valence-corrected chi connectivity index (χ1v) is 8.17. The highest BCUT2D eigenvalue weighted by Crippen LogP contribution is 2.05. The number of unbranched alkanes of at least 4 members (excludes halogenated alkanes) is 5. The van der Waals surface area contributed by atoms with Crippen LogP contribution in [-0.2, 0) is 4.74 Å². The Morgan fingerprint density at radius 2 is 1.85 bits per heavy atom. The van der Waals surface area contributed by atoms with Gasteiger partial charge in [0.05, 0.1) is 12.7 Å². The van der Waals surface area contributed by atoms with Crippen LogP contribution >= 0.6 is 0 Å². The second-order valence-electron chi connectivity index (χ2n) is 5.42. The SMILES string of the molecule is C#CCC(CC)NCC(O)COCCCCCCCC. The maximum Gasteiger partial charge on any atom is 0.0897 e. The predicted molar refractivity (Wildman–Crippen MR) is 85.7 cm³/mol. The highest BCUT2D eigenvalue weighted by atomic mass is 16.5. The Balaban J connectivity index is 3.36. The van der Waals surface area contributed by atoms with Gasteiger partial charge in [0.1, 0.15) is 0 Å². The molecule has 0 spiro atoms. The monoisotopic (exact) mass is 283 g/mol. The zero-order chi connectivity index (χ0) is 15.1. The summed E-state index contributed by atoms with van der Waals surface area (Å²) in [5, 5.41) is 13.1. The molecule has 0 aromatic rings. The summed E-state index contributed by atoms with van der Waals surface area (Å²) < 4.78 is 5.50. The number of ether oxygens (including phenoxy) is 1. The van der Waals surface area contributed by atoms with Crippen molar-refractivity contribution in [3.63, 3.8) is 0 Å². The van der Waals surface area contributed by atoms with E-state index in [0.29, 0.717) is 25.6 Å². The second kappa shape index (κ2) is 14.8. The van der Waals surface area contributed by atoms with Gasteiger partial charge in [0.2, 0.25) is 0 Å². The van der Waals surface area contributed by atoms with E-state index in [1.807, 2.05) is 0 Å². The average Bonchev–Trinajstić information content (AvgIpc) is 2.46. The minimum absolute atomic E-state index is 0.299. The molecule has 0 fully saturated rings. The van der Waals surface area contributed by atoms with E-state index in [1.54, 1.807) is 0 Å². The van der Waals surface area contributed by atoms with Crippen LogP contribution in [0.4, 0.5) is 0 Å². The van der Waals surface area contributed by atoms with Gasteiger partial charge in [0.25, 0.3) is 0 Å². The van der Waals surface area contributed by atoms with Gasteiger partial charge in [-0.3, -0.25) is 0 Å². The Hall–Kier alpha value is -0.560. The van der Waals surface area contributed by atoms with E-state index in [9.17, 15) is 5.11 Å². The van der Waals surface area contributed by atoms with Gasteiger partial charge in [-0.05, 0) is 12.8 Å². The van der Waals surface area contributed by atoms with Crippen molar-refractivity contribution >= 4 is 0 Å². The lowest BCUT2D eigenvalue weighted by molar-refractivity contribution is 0.0341. The smallest absolute Gasteiger partial charge is 0.0897 e. The molecule has 118 valence electrons. The predicted octanol–water partition coefficient (Wildman–Crippen LogP) is 3.12. The minimum atomic E-state index is -0.443. The molecule has 0 heterocycles. The molecule has 0 saturated heterocycles. The normalized spacial score (nSPS) is 13.9. The molecule has 0 rings (SSSR count). The summed E-state index contributed by atoms with van der Waals surface area (Å²) in [5.74, 6) is 2.65. The Bertz CT molecular complexity index is 238. The Kier molecular flexibility index (Phi) is 14.4. The molecule has 0 aliphatic carbocycles. The zero-order valence-corrected chi connectivity index (χ0v) is 13.4. The first-order valence-electron chi connectivity index (χ1n) is 8.17. The van der Waals surface area contributed by atoms with E-state index < -0.39 is 6.10 Å². The number of hydrogen-bond acceptors (Lipinski definition) is 3. The third-order valence-electron chi connectivity index (χ3n) is 3.45. The molecular formula is C17H33NO2. The lowest BCUT2D eigenvalue weighted by atomic mass is 10.1.